The zero-order valence-electron chi connectivity index (χ0n) is 36.6. The first kappa shape index (κ1) is 44.3. The maximum Gasteiger partial charge on any atom is 0.341 e. The van der Waals surface area contributed by atoms with Crippen LogP contribution in [0.1, 0.15) is 122 Å². The molecule has 0 saturated heterocycles. The molecule has 2 fully saturated rings. The lowest BCUT2D eigenvalue weighted by molar-refractivity contribution is 0.0683. The maximum atomic E-state index is 12.5. The summed E-state index contributed by atoms with van der Waals surface area (Å²) in [5.74, 6) is -0.426. The van der Waals surface area contributed by atoms with Gasteiger partial charge < -0.3 is 47.8 Å². The van der Waals surface area contributed by atoms with Crippen LogP contribution in [0.3, 0.4) is 0 Å². The van der Waals surface area contributed by atoms with Gasteiger partial charge >= 0.3 is 11.9 Å². The van der Waals surface area contributed by atoms with Crippen LogP contribution in [0.15, 0.2) is 46.2 Å². The number of fused-ring (bicyclic) bond motifs is 12. The van der Waals surface area contributed by atoms with Gasteiger partial charge in [0.15, 0.2) is 22.4 Å². The molecule has 62 heavy (non-hydrogen) atoms. The molecule has 0 amide bonds. The standard InChI is InChI=1S/2C23H28N2O6/c2*1-23(2)7-6-13-19-14(10-18(30-4)21(24-19)31-9-5-8-29-3)16-11-17(26)15(22(27)28)12-25(16)20(13)23/h2*10-13,20H,5-9H2,1-4H3,(H,27,28)/t2*13-,20?/m10/s1. The largest absolute Gasteiger partial charge is 0.491 e. The van der Waals surface area contributed by atoms with Gasteiger partial charge in [-0.05, 0) is 48.6 Å². The lowest BCUT2D eigenvalue weighted by Crippen LogP contribution is -2.32. The summed E-state index contributed by atoms with van der Waals surface area (Å²) in [4.78, 5) is 58.0. The molecule has 4 aliphatic rings. The second kappa shape index (κ2) is 17.6. The van der Waals surface area contributed by atoms with Crippen LogP contribution in [0, 0.1) is 10.8 Å². The number of carboxylic acid groups (broad SMARTS) is 2. The van der Waals surface area contributed by atoms with Crippen LogP contribution >= 0.6 is 0 Å². The highest BCUT2D eigenvalue weighted by Gasteiger charge is 2.50. The van der Waals surface area contributed by atoms with Crippen molar-refractivity contribution >= 4 is 11.9 Å². The molecule has 4 aromatic heterocycles. The van der Waals surface area contributed by atoms with Crippen LogP contribution in [0.5, 0.6) is 23.3 Å². The monoisotopic (exact) mass is 856 g/mol. The molecule has 8 rings (SSSR count). The third kappa shape index (κ3) is 8.05. The van der Waals surface area contributed by atoms with Gasteiger partial charge in [-0.3, -0.25) is 9.59 Å². The lowest BCUT2D eigenvalue weighted by Gasteiger charge is -2.39. The number of aromatic carboxylic acids is 2. The Balaban J connectivity index is 0.000000186. The summed E-state index contributed by atoms with van der Waals surface area (Å²) in [6.45, 7) is 10.8. The maximum absolute atomic E-state index is 12.5. The Morgan fingerprint density at radius 2 is 1.03 bits per heavy atom. The van der Waals surface area contributed by atoms with Crippen molar-refractivity contribution in [3.63, 3.8) is 0 Å². The number of ether oxygens (including phenoxy) is 6. The average Bonchev–Trinajstić information content (AvgIpc) is 3.74. The van der Waals surface area contributed by atoms with E-state index in [1.165, 1.54) is 24.5 Å². The molecule has 6 heterocycles. The molecule has 332 valence electrons. The quantitative estimate of drug-likeness (QED) is 0.123. The third-order valence-electron chi connectivity index (χ3n) is 12.9. The Morgan fingerprint density at radius 1 is 0.645 bits per heavy atom. The third-order valence-corrected chi connectivity index (χ3v) is 12.9. The van der Waals surface area contributed by atoms with Crippen LogP contribution in [0.4, 0.5) is 0 Å². The number of hydrogen-bond donors (Lipinski definition) is 2. The fraction of sp³-hybridized carbons (Fsp3) is 0.522. The minimum Gasteiger partial charge on any atom is -0.491 e. The van der Waals surface area contributed by atoms with Gasteiger partial charge in [0.25, 0.3) is 11.8 Å². The normalized spacial score (nSPS) is 20.5. The number of nitrogens with zero attached hydrogens (tertiary/aromatic N) is 4. The van der Waals surface area contributed by atoms with E-state index in [-0.39, 0.29) is 45.9 Å². The molecule has 16 nitrogen and oxygen atoms in total. The van der Waals surface area contributed by atoms with Gasteiger partial charge in [0.1, 0.15) is 11.1 Å². The van der Waals surface area contributed by atoms with Crippen LogP contribution in [-0.2, 0) is 9.47 Å². The van der Waals surface area contributed by atoms with Gasteiger partial charge in [0.05, 0.1) is 50.2 Å². The molecular formula is C46H56N4O12. The highest BCUT2D eigenvalue weighted by molar-refractivity contribution is 5.88. The molecular weight excluding hydrogens is 801 g/mol. The fourth-order valence-corrected chi connectivity index (χ4v) is 9.98. The van der Waals surface area contributed by atoms with Crippen molar-refractivity contribution in [3.05, 3.63) is 79.6 Å². The highest BCUT2D eigenvalue weighted by Crippen LogP contribution is 2.60. The van der Waals surface area contributed by atoms with E-state index in [1.54, 1.807) is 28.4 Å². The molecule has 4 aromatic rings. The van der Waals surface area contributed by atoms with E-state index in [0.717, 1.165) is 61.0 Å². The van der Waals surface area contributed by atoms with Crippen molar-refractivity contribution in [1.82, 2.24) is 19.1 Å². The molecule has 2 unspecified atom stereocenters. The van der Waals surface area contributed by atoms with Crippen molar-refractivity contribution in [2.24, 2.45) is 10.8 Å². The van der Waals surface area contributed by atoms with E-state index in [2.05, 4.69) is 27.7 Å². The van der Waals surface area contributed by atoms with Crippen molar-refractivity contribution < 1.29 is 48.2 Å². The first-order chi connectivity index (χ1) is 29.6. The Morgan fingerprint density at radius 3 is 1.37 bits per heavy atom. The number of hydrogen-bond acceptors (Lipinski definition) is 12. The van der Waals surface area contributed by atoms with Gasteiger partial charge in [-0.25, -0.2) is 19.6 Å². The predicted octanol–water partition coefficient (Wildman–Crippen LogP) is 6.98. The summed E-state index contributed by atoms with van der Waals surface area (Å²) >= 11 is 0. The zero-order chi connectivity index (χ0) is 44.7. The number of pyridine rings is 4. The molecule has 2 N–H and O–H groups in total. The zero-order valence-corrected chi connectivity index (χ0v) is 36.6. The van der Waals surface area contributed by atoms with Crippen molar-refractivity contribution in [2.75, 3.05) is 54.9 Å². The number of carbonyl (C=O) groups is 2. The van der Waals surface area contributed by atoms with Crippen LogP contribution in [-0.4, -0.2) is 96.1 Å². The van der Waals surface area contributed by atoms with E-state index < -0.39 is 22.8 Å². The first-order valence-electron chi connectivity index (χ1n) is 21.0. The summed E-state index contributed by atoms with van der Waals surface area (Å²) in [6, 6.07) is 6.51. The number of aromatic nitrogens is 4. The Kier molecular flexibility index (Phi) is 12.6. The lowest BCUT2D eigenvalue weighted by atomic mass is 9.79. The summed E-state index contributed by atoms with van der Waals surface area (Å²) in [5.41, 5.74) is 3.03. The van der Waals surface area contributed by atoms with E-state index >= 15 is 0 Å². The van der Waals surface area contributed by atoms with Crippen LogP contribution in [0.25, 0.3) is 22.5 Å². The Labute approximate surface area is 359 Å². The molecule has 2 saturated carbocycles. The fourth-order valence-electron chi connectivity index (χ4n) is 9.98. The molecule has 0 aromatic carbocycles. The molecule has 4 atom stereocenters. The van der Waals surface area contributed by atoms with E-state index in [9.17, 15) is 29.4 Å². The van der Waals surface area contributed by atoms with Crippen molar-refractivity contribution in [2.45, 2.75) is 90.1 Å². The Hall–Kier alpha value is -5.74. The topological polar surface area (TPSA) is 200 Å². The Bertz CT molecular complexity index is 2320. The average molecular weight is 857 g/mol. The molecule has 2 aliphatic heterocycles. The first-order valence-corrected chi connectivity index (χ1v) is 21.0. The number of methoxy groups -OCH3 is 4. The van der Waals surface area contributed by atoms with Crippen molar-refractivity contribution in [1.29, 1.82) is 0 Å². The second-order valence-corrected chi connectivity index (χ2v) is 17.7. The molecule has 0 radical (unpaired) electrons. The minimum absolute atomic E-state index is 0.00376. The van der Waals surface area contributed by atoms with Gasteiger partial charge in [-0.1, -0.05) is 27.7 Å². The van der Waals surface area contributed by atoms with E-state index in [0.29, 0.717) is 61.1 Å². The van der Waals surface area contributed by atoms with Crippen LogP contribution < -0.4 is 29.8 Å². The van der Waals surface area contributed by atoms with Gasteiger partial charge in [0.2, 0.25) is 0 Å². The van der Waals surface area contributed by atoms with Crippen LogP contribution in [0.2, 0.25) is 0 Å². The summed E-state index contributed by atoms with van der Waals surface area (Å²) in [5, 5.41) is 19.0. The van der Waals surface area contributed by atoms with Gasteiger partial charge in [0, 0.05) is 99.8 Å². The SMILES string of the molecule is COCCCOc1nc2c(cc1OC)-c1cc(=O)c(C(=O)O)cn1C1[C@@H]2CCC1(C)C.COCCCOc1nc2c(cc1OC)-c1cc(=O)c(C(=O)O)cn1C1[C@H]2CCC1(C)C. The number of rotatable bonds is 14. The van der Waals surface area contributed by atoms with Crippen molar-refractivity contribution in [3.8, 4) is 45.8 Å². The van der Waals surface area contributed by atoms with Gasteiger partial charge in [-0.15, -0.1) is 0 Å². The summed E-state index contributed by atoms with van der Waals surface area (Å²) < 4.78 is 36.9. The molecule has 0 bridgehead atoms. The molecule has 16 heteroatoms. The molecule has 0 spiro atoms. The minimum atomic E-state index is -1.21. The predicted molar refractivity (Wildman–Crippen MR) is 228 cm³/mol. The summed E-state index contributed by atoms with van der Waals surface area (Å²) in [6.07, 6.45) is 8.22. The highest BCUT2D eigenvalue weighted by atomic mass is 16.5. The van der Waals surface area contributed by atoms with Gasteiger partial charge in [-0.2, -0.15) is 0 Å². The summed E-state index contributed by atoms with van der Waals surface area (Å²) in [7, 11) is 6.40. The van der Waals surface area contributed by atoms with E-state index in [4.69, 9.17) is 38.4 Å². The smallest absolute Gasteiger partial charge is 0.341 e. The van der Waals surface area contributed by atoms with E-state index in [1.807, 2.05) is 21.3 Å². The number of carboxylic acids is 2. The molecule has 2 aliphatic carbocycles. The second-order valence-electron chi connectivity index (χ2n) is 17.7.